The number of hydrogen-bond acceptors (Lipinski definition) is 5. The lowest BCUT2D eigenvalue weighted by atomic mass is 9.84. The average molecular weight is 263 g/mol. The fourth-order valence-corrected chi connectivity index (χ4v) is 2.78. The van der Waals surface area contributed by atoms with Gasteiger partial charge in [-0.2, -0.15) is 0 Å². The van der Waals surface area contributed by atoms with Crippen molar-refractivity contribution in [1.82, 2.24) is 14.9 Å². The summed E-state index contributed by atoms with van der Waals surface area (Å²) in [6.07, 6.45) is 4.99. The van der Waals surface area contributed by atoms with E-state index in [1.165, 1.54) is 6.33 Å². The Morgan fingerprint density at radius 2 is 2.42 bits per heavy atom. The maximum atomic E-state index is 12.2. The first kappa shape index (κ1) is 12.5. The van der Waals surface area contributed by atoms with Crippen LogP contribution in [0.4, 0.5) is 0 Å². The predicted octanol–water partition coefficient (Wildman–Crippen LogP) is 0.497. The van der Waals surface area contributed by atoms with Gasteiger partial charge < -0.3 is 14.4 Å². The Hall–Kier alpha value is -1.53. The molecule has 1 spiro atoms. The van der Waals surface area contributed by atoms with Gasteiger partial charge in [-0.1, -0.05) is 0 Å². The van der Waals surface area contributed by atoms with E-state index in [-0.39, 0.29) is 17.6 Å². The highest BCUT2D eigenvalue weighted by atomic mass is 16.5. The van der Waals surface area contributed by atoms with Crippen LogP contribution in [0.15, 0.2) is 18.6 Å². The minimum Gasteiger partial charge on any atom is -0.381 e. The zero-order chi connectivity index (χ0) is 13.3. The lowest BCUT2D eigenvalue weighted by Crippen LogP contribution is -2.67. The van der Waals surface area contributed by atoms with Gasteiger partial charge in [-0.05, 0) is 12.5 Å². The number of rotatable bonds is 2. The quantitative estimate of drug-likeness (QED) is 0.777. The topological polar surface area (TPSA) is 64.6 Å². The summed E-state index contributed by atoms with van der Waals surface area (Å²) in [6.45, 7) is 1.94. The summed E-state index contributed by atoms with van der Waals surface area (Å²) in [5, 5.41) is 0. The number of hydrogen-bond donors (Lipinski definition) is 0. The molecule has 0 aliphatic carbocycles. The zero-order valence-corrected chi connectivity index (χ0v) is 10.9. The molecule has 0 radical (unpaired) electrons. The van der Waals surface area contributed by atoms with E-state index in [2.05, 4.69) is 9.97 Å². The van der Waals surface area contributed by atoms with Crippen molar-refractivity contribution < 1.29 is 14.3 Å². The molecule has 0 bridgehead atoms. The molecule has 0 unspecified atom stereocenters. The van der Waals surface area contributed by atoms with Crippen molar-refractivity contribution in [2.75, 3.05) is 26.8 Å². The van der Waals surface area contributed by atoms with Crippen LogP contribution in [-0.2, 0) is 9.47 Å². The van der Waals surface area contributed by atoms with Crippen molar-refractivity contribution in [1.29, 1.82) is 0 Å². The fourth-order valence-electron chi connectivity index (χ4n) is 2.78. The molecule has 6 heteroatoms. The SMILES string of the molecule is CO[C@H]1CCOC2(C1)CN(C(=O)c1ccncn1)C2. The molecule has 3 rings (SSSR count). The third-order valence-electron chi connectivity index (χ3n) is 3.83. The van der Waals surface area contributed by atoms with E-state index in [0.717, 1.165) is 12.8 Å². The third kappa shape index (κ3) is 2.33. The van der Waals surface area contributed by atoms with Gasteiger partial charge in [0.05, 0.1) is 19.2 Å². The van der Waals surface area contributed by atoms with Crippen molar-refractivity contribution in [3.8, 4) is 0 Å². The molecule has 19 heavy (non-hydrogen) atoms. The number of carbonyl (C=O) groups is 1. The van der Waals surface area contributed by atoms with Crippen molar-refractivity contribution in [3.63, 3.8) is 0 Å². The van der Waals surface area contributed by atoms with E-state index in [1.54, 1.807) is 24.3 Å². The van der Waals surface area contributed by atoms with Gasteiger partial charge in [-0.25, -0.2) is 9.97 Å². The molecule has 1 atom stereocenters. The maximum Gasteiger partial charge on any atom is 0.272 e. The van der Waals surface area contributed by atoms with Gasteiger partial charge in [0.2, 0.25) is 0 Å². The molecule has 2 fully saturated rings. The zero-order valence-electron chi connectivity index (χ0n) is 10.9. The highest BCUT2D eigenvalue weighted by Crippen LogP contribution is 2.35. The van der Waals surface area contributed by atoms with E-state index in [4.69, 9.17) is 9.47 Å². The van der Waals surface area contributed by atoms with Crippen LogP contribution in [0.5, 0.6) is 0 Å². The van der Waals surface area contributed by atoms with Gasteiger partial charge >= 0.3 is 0 Å². The smallest absolute Gasteiger partial charge is 0.272 e. The number of carbonyl (C=O) groups excluding carboxylic acids is 1. The van der Waals surface area contributed by atoms with Crippen LogP contribution in [0.25, 0.3) is 0 Å². The second-order valence-corrected chi connectivity index (χ2v) is 5.14. The van der Waals surface area contributed by atoms with Crippen molar-refractivity contribution in [2.45, 2.75) is 24.5 Å². The second-order valence-electron chi connectivity index (χ2n) is 5.14. The van der Waals surface area contributed by atoms with Crippen molar-refractivity contribution in [3.05, 3.63) is 24.3 Å². The standard InChI is InChI=1S/C13H17N3O3/c1-18-10-3-5-19-13(6-10)7-16(8-13)12(17)11-2-4-14-9-15-11/h2,4,9-10H,3,5-8H2,1H3/t10-/m0/s1. The Morgan fingerprint density at radius 1 is 1.58 bits per heavy atom. The first-order valence-corrected chi connectivity index (χ1v) is 6.44. The lowest BCUT2D eigenvalue weighted by molar-refractivity contribution is -0.182. The molecule has 0 saturated carbocycles. The summed E-state index contributed by atoms with van der Waals surface area (Å²) in [7, 11) is 1.73. The fraction of sp³-hybridized carbons (Fsp3) is 0.615. The van der Waals surface area contributed by atoms with Crippen LogP contribution in [0.2, 0.25) is 0 Å². The molecule has 3 heterocycles. The van der Waals surface area contributed by atoms with Crippen LogP contribution >= 0.6 is 0 Å². The molecule has 2 aliphatic heterocycles. The number of likely N-dealkylation sites (tertiary alicyclic amines) is 1. The molecular formula is C13H17N3O3. The third-order valence-corrected chi connectivity index (χ3v) is 3.83. The number of amides is 1. The van der Waals surface area contributed by atoms with E-state index < -0.39 is 0 Å². The number of nitrogens with zero attached hydrogens (tertiary/aromatic N) is 3. The van der Waals surface area contributed by atoms with Gasteiger partial charge in [0, 0.05) is 26.3 Å². The molecule has 0 aromatic carbocycles. The molecule has 2 saturated heterocycles. The summed E-state index contributed by atoms with van der Waals surface area (Å²) >= 11 is 0. The molecule has 102 valence electrons. The number of methoxy groups -OCH3 is 1. The molecule has 1 aromatic heterocycles. The largest absolute Gasteiger partial charge is 0.381 e. The highest BCUT2D eigenvalue weighted by Gasteiger charge is 2.49. The Balaban J connectivity index is 1.62. The maximum absolute atomic E-state index is 12.2. The minimum atomic E-state index is -0.207. The van der Waals surface area contributed by atoms with E-state index in [1.807, 2.05) is 0 Å². The summed E-state index contributed by atoms with van der Waals surface area (Å²) in [5.74, 6) is -0.0591. The van der Waals surface area contributed by atoms with E-state index >= 15 is 0 Å². The number of aromatic nitrogens is 2. The Kier molecular flexibility index (Phi) is 3.20. The van der Waals surface area contributed by atoms with Crippen LogP contribution in [0.1, 0.15) is 23.3 Å². The van der Waals surface area contributed by atoms with Gasteiger partial charge in [0.25, 0.3) is 5.91 Å². The summed E-state index contributed by atoms with van der Waals surface area (Å²) in [5.41, 5.74) is 0.227. The normalized spacial score (nSPS) is 25.1. The Morgan fingerprint density at radius 3 is 3.11 bits per heavy atom. The molecular weight excluding hydrogens is 246 g/mol. The predicted molar refractivity (Wildman–Crippen MR) is 66.6 cm³/mol. The number of ether oxygens (including phenoxy) is 2. The van der Waals surface area contributed by atoms with Gasteiger partial charge in [-0.3, -0.25) is 4.79 Å². The minimum absolute atomic E-state index is 0.0591. The van der Waals surface area contributed by atoms with E-state index in [0.29, 0.717) is 25.4 Å². The molecule has 2 aliphatic rings. The van der Waals surface area contributed by atoms with Crippen molar-refractivity contribution >= 4 is 5.91 Å². The molecule has 1 amide bonds. The first-order valence-electron chi connectivity index (χ1n) is 6.44. The van der Waals surface area contributed by atoms with Gasteiger partial charge in [-0.15, -0.1) is 0 Å². The molecule has 6 nitrogen and oxygen atoms in total. The van der Waals surface area contributed by atoms with Crippen LogP contribution in [0, 0.1) is 0 Å². The monoisotopic (exact) mass is 263 g/mol. The Labute approximate surface area is 111 Å². The summed E-state index contributed by atoms with van der Waals surface area (Å²) in [4.78, 5) is 21.7. The molecule has 0 N–H and O–H groups in total. The van der Waals surface area contributed by atoms with Crippen molar-refractivity contribution in [2.24, 2.45) is 0 Å². The van der Waals surface area contributed by atoms with Crippen LogP contribution in [0.3, 0.4) is 0 Å². The lowest BCUT2D eigenvalue weighted by Gasteiger charge is -2.52. The van der Waals surface area contributed by atoms with Crippen LogP contribution < -0.4 is 0 Å². The summed E-state index contributed by atoms with van der Waals surface area (Å²) < 4.78 is 11.2. The first-order chi connectivity index (χ1) is 9.22. The van der Waals surface area contributed by atoms with Gasteiger partial charge in [0.15, 0.2) is 0 Å². The van der Waals surface area contributed by atoms with Gasteiger partial charge in [0.1, 0.15) is 17.6 Å². The Bertz CT molecular complexity index is 459. The molecule has 1 aromatic rings. The summed E-state index contributed by atoms with van der Waals surface area (Å²) in [6, 6.07) is 1.63. The average Bonchev–Trinajstić information content (AvgIpc) is 2.45. The second kappa shape index (κ2) is 4.86. The van der Waals surface area contributed by atoms with Crippen LogP contribution in [-0.4, -0.2) is 59.3 Å². The highest BCUT2D eigenvalue weighted by molar-refractivity contribution is 5.92. The van der Waals surface area contributed by atoms with E-state index in [9.17, 15) is 4.79 Å².